The number of nitriles is 1. The van der Waals surface area contributed by atoms with E-state index in [-0.39, 0.29) is 5.56 Å². The van der Waals surface area contributed by atoms with Crippen molar-refractivity contribution in [3.05, 3.63) is 59.9 Å². The summed E-state index contributed by atoms with van der Waals surface area (Å²) >= 11 is 0. The molecule has 8 heteroatoms. The monoisotopic (exact) mass is 421 g/mol. The van der Waals surface area contributed by atoms with Crippen LogP contribution < -0.4 is 4.74 Å². The van der Waals surface area contributed by atoms with Gasteiger partial charge in [-0.05, 0) is 48.7 Å². The van der Waals surface area contributed by atoms with Gasteiger partial charge in [-0.25, -0.2) is 4.39 Å². The van der Waals surface area contributed by atoms with Crippen LogP contribution in [0.25, 0.3) is 0 Å². The van der Waals surface area contributed by atoms with Gasteiger partial charge in [0.05, 0.1) is 11.3 Å². The zero-order valence-electron chi connectivity index (χ0n) is 16.5. The molecule has 0 amide bonds. The van der Waals surface area contributed by atoms with Crippen LogP contribution in [0.15, 0.2) is 48.5 Å². The van der Waals surface area contributed by atoms with Crippen molar-refractivity contribution in [2.75, 3.05) is 0 Å². The number of halogens is 4. The molecule has 3 rings (SSSR count). The first-order valence-electron chi connectivity index (χ1n) is 9.12. The Morgan fingerprint density at radius 3 is 2.27 bits per heavy atom. The molecule has 1 aliphatic carbocycles. The van der Waals surface area contributed by atoms with Gasteiger partial charge in [0, 0.05) is 5.56 Å². The summed E-state index contributed by atoms with van der Waals surface area (Å²) in [6.07, 6.45) is -5.98. The minimum absolute atomic E-state index is 0.248. The van der Waals surface area contributed by atoms with Crippen molar-refractivity contribution in [2.24, 2.45) is 16.7 Å². The third kappa shape index (κ3) is 3.60. The molecule has 2 aromatic carbocycles. The van der Waals surface area contributed by atoms with Crippen molar-refractivity contribution in [1.82, 2.24) is 0 Å². The van der Waals surface area contributed by atoms with Gasteiger partial charge < -0.3 is 9.47 Å². The molecule has 0 heterocycles. The molecule has 0 aliphatic heterocycles. The van der Waals surface area contributed by atoms with Crippen LogP contribution in [0, 0.1) is 33.9 Å². The second-order valence-electron chi connectivity index (χ2n) is 7.93. The van der Waals surface area contributed by atoms with Gasteiger partial charge in [0.2, 0.25) is 6.10 Å². The standard InChI is InChI=1S/C22H19F4NO3/c1-20(2)18(21(20,3)22(24,25)26)19(28)30-17(12-27)13-5-4-6-16(11-13)29-15-9-7-14(23)8-10-15/h4-11,17-18H,1-3H3. The topological polar surface area (TPSA) is 59.3 Å². The van der Waals surface area contributed by atoms with Crippen LogP contribution in [0.1, 0.15) is 32.4 Å². The van der Waals surface area contributed by atoms with Crippen LogP contribution in [-0.4, -0.2) is 12.1 Å². The molecule has 0 N–H and O–H groups in total. The minimum Gasteiger partial charge on any atom is -0.457 e. The van der Waals surface area contributed by atoms with E-state index in [2.05, 4.69) is 0 Å². The molecular formula is C22H19F4NO3. The number of esters is 1. The molecule has 0 saturated heterocycles. The van der Waals surface area contributed by atoms with Crippen LogP contribution >= 0.6 is 0 Å². The predicted molar refractivity (Wildman–Crippen MR) is 98.8 cm³/mol. The largest absolute Gasteiger partial charge is 0.457 e. The van der Waals surface area contributed by atoms with E-state index >= 15 is 0 Å². The average molecular weight is 421 g/mol. The Labute approximate surface area is 171 Å². The maximum Gasteiger partial charge on any atom is 0.395 e. The van der Waals surface area contributed by atoms with Crippen molar-refractivity contribution in [3.8, 4) is 17.6 Å². The molecule has 1 aliphatic rings. The quantitative estimate of drug-likeness (QED) is 0.442. The van der Waals surface area contributed by atoms with E-state index in [0.717, 1.165) is 6.92 Å². The van der Waals surface area contributed by atoms with Gasteiger partial charge in [-0.15, -0.1) is 0 Å². The molecule has 158 valence electrons. The highest BCUT2D eigenvalue weighted by molar-refractivity contribution is 5.79. The summed E-state index contributed by atoms with van der Waals surface area (Å²) in [5.74, 6) is -2.26. The van der Waals surface area contributed by atoms with Crippen molar-refractivity contribution in [2.45, 2.75) is 33.1 Å². The van der Waals surface area contributed by atoms with Crippen molar-refractivity contribution in [1.29, 1.82) is 5.26 Å². The third-order valence-electron chi connectivity index (χ3n) is 5.94. The summed E-state index contributed by atoms with van der Waals surface area (Å²) in [7, 11) is 0. The van der Waals surface area contributed by atoms with Crippen molar-refractivity contribution in [3.63, 3.8) is 0 Å². The molecule has 1 fully saturated rings. The highest BCUT2D eigenvalue weighted by Crippen LogP contribution is 2.75. The van der Waals surface area contributed by atoms with Gasteiger partial charge >= 0.3 is 12.1 Å². The number of alkyl halides is 3. The van der Waals surface area contributed by atoms with Crippen molar-refractivity contribution >= 4 is 5.97 Å². The summed E-state index contributed by atoms with van der Waals surface area (Å²) in [5, 5.41) is 9.43. The van der Waals surface area contributed by atoms with Crippen molar-refractivity contribution < 1.29 is 31.8 Å². The molecule has 0 radical (unpaired) electrons. The summed E-state index contributed by atoms with van der Waals surface area (Å²) in [5.41, 5.74) is -3.31. The zero-order chi connectivity index (χ0) is 22.3. The van der Waals surface area contributed by atoms with Crippen LogP contribution in [0.4, 0.5) is 17.6 Å². The van der Waals surface area contributed by atoms with Gasteiger partial charge in [0.15, 0.2) is 0 Å². The number of hydrogen-bond donors (Lipinski definition) is 0. The van der Waals surface area contributed by atoms with Crippen LogP contribution in [-0.2, 0) is 9.53 Å². The van der Waals surface area contributed by atoms with Crippen LogP contribution in [0.2, 0.25) is 0 Å². The summed E-state index contributed by atoms with van der Waals surface area (Å²) in [6, 6.07) is 13.1. The molecule has 3 atom stereocenters. The Bertz CT molecular complexity index is 995. The number of carbonyl (C=O) groups is 1. The first kappa shape index (κ1) is 21.6. The SMILES string of the molecule is CC1(C)C(C(=O)OC(C#N)c2cccc(Oc3ccc(F)cc3)c2)C1(C)C(F)(F)F. The molecule has 0 bridgehead atoms. The molecule has 0 aromatic heterocycles. The third-order valence-corrected chi connectivity index (χ3v) is 5.94. The first-order chi connectivity index (χ1) is 13.9. The average Bonchev–Trinajstić information content (AvgIpc) is 3.15. The summed E-state index contributed by atoms with van der Waals surface area (Å²) < 4.78 is 64.1. The highest BCUT2D eigenvalue weighted by Gasteiger charge is 2.83. The Balaban J connectivity index is 1.76. The smallest absolute Gasteiger partial charge is 0.395 e. The fourth-order valence-electron chi connectivity index (χ4n) is 3.77. The van der Waals surface area contributed by atoms with Gasteiger partial charge in [-0.3, -0.25) is 4.79 Å². The lowest BCUT2D eigenvalue weighted by Crippen LogP contribution is -2.28. The molecule has 2 aromatic rings. The number of carbonyl (C=O) groups excluding carboxylic acids is 1. The van der Waals surface area contributed by atoms with E-state index in [1.54, 1.807) is 18.2 Å². The second-order valence-corrected chi connectivity index (χ2v) is 7.93. The number of nitrogens with zero attached hydrogens (tertiary/aromatic N) is 1. The lowest BCUT2D eigenvalue weighted by Gasteiger charge is -2.18. The van der Waals surface area contributed by atoms with Gasteiger partial charge in [0.1, 0.15) is 23.4 Å². The van der Waals surface area contributed by atoms with E-state index in [9.17, 15) is 27.6 Å². The lowest BCUT2D eigenvalue weighted by molar-refractivity contribution is -0.198. The molecule has 4 nitrogen and oxygen atoms in total. The maximum atomic E-state index is 13.4. The van der Waals surface area contributed by atoms with E-state index in [0.29, 0.717) is 11.5 Å². The van der Waals surface area contributed by atoms with E-state index in [1.165, 1.54) is 50.2 Å². The number of ether oxygens (including phenoxy) is 2. The van der Waals surface area contributed by atoms with Gasteiger partial charge in [-0.1, -0.05) is 26.0 Å². The van der Waals surface area contributed by atoms with Crippen LogP contribution in [0.3, 0.4) is 0 Å². The lowest BCUT2D eigenvalue weighted by atomic mass is 9.98. The van der Waals surface area contributed by atoms with Gasteiger partial charge in [-0.2, -0.15) is 18.4 Å². The Hall–Kier alpha value is -3.08. The molecule has 3 unspecified atom stereocenters. The summed E-state index contributed by atoms with van der Waals surface area (Å²) in [6.45, 7) is 3.69. The van der Waals surface area contributed by atoms with Crippen LogP contribution in [0.5, 0.6) is 11.5 Å². The fraction of sp³-hybridized carbons (Fsp3) is 0.364. The number of hydrogen-bond acceptors (Lipinski definition) is 4. The maximum absolute atomic E-state index is 13.4. The Kier molecular flexibility index (Phi) is 5.27. The van der Waals surface area contributed by atoms with E-state index in [1.807, 2.05) is 0 Å². The first-order valence-corrected chi connectivity index (χ1v) is 9.12. The minimum atomic E-state index is -4.58. The molecule has 0 spiro atoms. The molecular weight excluding hydrogens is 402 g/mol. The molecule has 1 saturated carbocycles. The highest BCUT2D eigenvalue weighted by atomic mass is 19.4. The van der Waals surface area contributed by atoms with Gasteiger partial charge in [0.25, 0.3) is 0 Å². The number of benzene rings is 2. The number of rotatable bonds is 5. The van der Waals surface area contributed by atoms with E-state index in [4.69, 9.17) is 9.47 Å². The Morgan fingerprint density at radius 2 is 1.73 bits per heavy atom. The predicted octanol–water partition coefficient (Wildman–Crippen LogP) is 5.95. The fourth-order valence-corrected chi connectivity index (χ4v) is 3.77. The molecule has 30 heavy (non-hydrogen) atoms. The Morgan fingerprint density at radius 1 is 1.10 bits per heavy atom. The summed E-state index contributed by atoms with van der Waals surface area (Å²) in [4.78, 5) is 12.5. The van der Waals surface area contributed by atoms with E-state index < -0.39 is 40.8 Å². The normalized spacial score (nSPS) is 23.2. The zero-order valence-corrected chi connectivity index (χ0v) is 16.5. The second kappa shape index (κ2) is 7.31.